The van der Waals surface area contributed by atoms with E-state index in [0.29, 0.717) is 24.3 Å². The van der Waals surface area contributed by atoms with Crippen molar-refractivity contribution in [2.24, 2.45) is 7.05 Å². The monoisotopic (exact) mass is 429 g/mol. The second-order valence-electron chi connectivity index (χ2n) is 8.56. The summed E-state index contributed by atoms with van der Waals surface area (Å²) in [4.78, 5) is 33.3. The van der Waals surface area contributed by atoms with E-state index in [-0.39, 0.29) is 11.2 Å². The number of nitrogens with zero attached hydrogens (tertiary/aromatic N) is 5. The standard InChI is InChI=1S/C25H27N5O2/c1-17-11-12-18(2)20(16-17)28-14-15-29-21-22(26-24(28)29)27(3)25(32)30(23(21)31)13-7-10-19-8-5-4-6-9-19/h4-6,8-9,11-12,16H,7,10,13-15H2,1-3H3. The average molecular weight is 430 g/mol. The molecule has 164 valence electrons. The van der Waals surface area contributed by atoms with Gasteiger partial charge < -0.3 is 9.47 Å². The van der Waals surface area contributed by atoms with Crippen LogP contribution in [0.5, 0.6) is 0 Å². The highest BCUT2D eigenvalue weighted by Crippen LogP contribution is 2.34. The molecular formula is C25H27N5O2. The van der Waals surface area contributed by atoms with E-state index in [0.717, 1.165) is 36.6 Å². The first-order valence-electron chi connectivity index (χ1n) is 11.0. The molecule has 0 aliphatic carbocycles. The van der Waals surface area contributed by atoms with Crippen molar-refractivity contribution in [1.29, 1.82) is 0 Å². The molecule has 32 heavy (non-hydrogen) atoms. The van der Waals surface area contributed by atoms with Crippen LogP contribution in [0.1, 0.15) is 23.1 Å². The maximum absolute atomic E-state index is 13.4. The SMILES string of the molecule is Cc1ccc(C)c(N2CCn3c2nc2c3c(=O)n(CCCc3ccccc3)c(=O)n2C)c1. The molecule has 4 aromatic rings. The summed E-state index contributed by atoms with van der Waals surface area (Å²) in [6.45, 7) is 5.95. The zero-order chi connectivity index (χ0) is 22.4. The zero-order valence-electron chi connectivity index (χ0n) is 18.7. The van der Waals surface area contributed by atoms with Gasteiger partial charge in [-0.2, -0.15) is 4.98 Å². The van der Waals surface area contributed by atoms with Crippen LogP contribution in [0.25, 0.3) is 11.2 Å². The molecule has 0 amide bonds. The summed E-state index contributed by atoms with van der Waals surface area (Å²) in [5, 5.41) is 0. The number of imidazole rings is 1. The highest BCUT2D eigenvalue weighted by molar-refractivity contribution is 5.78. The van der Waals surface area contributed by atoms with Crippen molar-refractivity contribution in [2.75, 3.05) is 11.4 Å². The molecule has 0 radical (unpaired) electrons. The fraction of sp³-hybridized carbons (Fsp3) is 0.320. The van der Waals surface area contributed by atoms with Gasteiger partial charge in [0.2, 0.25) is 5.95 Å². The summed E-state index contributed by atoms with van der Waals surface area (Å²) in [7, 11) is 1.70. The molecule has 0 unspecified atom stereocenters. The van der Waals surface area contributed by atoms with Gasteiger partial charge in [0.15, 0.2) is 11.2 Å². The van der Waals surface area contributed by atoms with E-state index in [4.69, 9.17) is 4.98 Å². The van der Waals surface area contributed by atoms with E-state index in [9.17, 15) is 9.59 Å². The third kappa shape index (κ3) is 3.25. The molecule has 2 aromatic heterocycles. The molecule has 7 heteroatoms. The third-order valence-corrected chi connectivity index (χ3v) is 6.35. The Morgan fingerprint density at radius 2 is 1.78 bits per heavy atom. The molecule has 2 aromatic carbocycles. The molecule has 0 N–H and O–H groups in total. The molecular weight excluding hydrogens is 402 g/mol. The first kappa shape index (κ1) is 20.3. The molecule has 0 bridgehead atoms. The molecule has 0 spiro atoms. The largest absolute Gasteiger partial charge is 0.332 e. The van der Waals surface area contributed by atoms with Crippen molar-refractivity contribution < 1.29 is 0 Å². The van der Waals surface area contributed by atoms with E-state index < -0.39 is 0 Å². The third-order valence-electron chi connectivity index (χ3n) is 6.35. The smallest absolute Gasteiger partial charge is 0.310 e. The molecule has 1 aliphatic rings. The quantitative estimate of drug-likeness (QED) is 0.488. The zero-order valence-corrected chi connectivity index (χ0v) is 18.7. The molecule has 1 aliphatic heterocycles. The lowest BCUT2D eigenvalue weighted by molar-refractivity contribution is 0.570. The van der Waals surface area contributed by atoms with Gasteiger partial charge in [-0.1, -0.05) is 42.5 Å². The van der Waals surface area contributed by atoms with E-state index in [2.05, 4.69) is 49.1 Å². The number of aromatic nitrogens is 4. The molecule has 0 atom stereocenters. The normalized spacial score (nSPS) is 13.2. The highest BCUT2D eigenvalue weighted by atomic mass is 16.2. The van der Waals surface area contributed by atoms with Gasteiger partial charge in [-0.05, 0) is 49.4 Å². The number of fused-ring (bicyclic) bond motifs is 3. The molecule has 0 saturated carbocycles. The van der Waals surface area contributed by atoms with Gasteiger partial charge in [0.05, 0.1) is 0 Å². The van der Waals surface area contributed by atoms with Crippen LogP contribution in [-0.4, -0.2) is 25.2 Å². The lowest BCUT2D eigenvalue weighted by Crippen LogP contribution is -2.39. The van der Waals surface area contributed by atoms with Crippen molar-refractivity contribution >= 4 is 22.8 Å². The maximum atomic E-state index is 13.4. The minimum absolute atomic E-state index is 0.252. The van der Waals surface area contributed by atoms with Crippen molar-refractivity contribution in [3.63, 3.8) is 0 Å². The van der Waals surface area contributed by atoms with Gasteiger partial charge in [0.1, 0.15) is 0 Å². The van der Waals surface area contributed by atoms with Gasteiger partial charge in [0, 0.05) is 32.4 Å². The van der Waals surface area contributed by atoms with Crippen molar-refractivity contribution in [1.82, 2.24) is 18.7 Å². The Hall–Kier alpha value is -3.61. The van der Waals surface area contributed by atoms with Crippen LogP contribution in [0.3, 0.4) is 0 Å². The molecule has 0 saturated heterocycles. The second kappa shape index (κ2) is 7.82. The minimum atomic E-state index is -0.314. The molecule has 5 rings (SSSR count). The Kier molecular flexibility index (Phi) is 4.96. The van der Waals surface area contributed by atoms with Gasteiger partial charge in [-0.15, -0.1) is 0 Å². The summed E-state index contributed by atoms with van der Waals surface area (Å²) in [6.07, 6.45) is 1.54. The summed E-state index contributed by atoms with van der Waals surface area (Å²) in [5.41, 5.74) is 5.01. The topological polar surface area (TPSA) is 65.1 Å². The number of hydrogen-bond acceptors (Lipinski definition) is 4. The number of hydrogen-bond donors (Lipinski definition) is 0. The van der Waals surface area contributed by atoms with Crippen LogP contribution in [0.4, 0.5) is 11.6 Å². The lowest BCUT2D eigenvalue weighted by Gasteiger charge is -2.19. The van der Waals surface area contributed by atoms with Gasteiger partial charge >= 0.3 is 5.69 Å². The van der Waals surface area contributed by atoms with E-state index in [1.165, 1.54) is 20.3 Å². The number of aryl methyl sites for hydroxylation is 4. The Morgan fingerprint density at radius 1 is 1.00 bits per heavy atom. The fourth-order valence-electron chi connectivity index (χ4n) is 4.60. The number of rotatable bonds is 5. The predicted molar refractivity (Wildman–Crippen MR) is 127 cm³/mol. The van der Waals surface area contributed by atoms with Crippen LogP contribution >= 0.6 is 0 Å². The van der Waals surface area contributed by atoms with E-state index in [1.54, 1.807) is 7.05 Å². The van der Waals surface area contributed by atoms with Crippen LogP contribution in [0.15, 0.2) is 58.1 Å². The highest BCUT2D eigenvalue weighted by Gasteiger charge is 2.29. The molecule has 3 heterocycles. The van der Waals surface area contributed by atoms with Gasteiger partial charge in [-0.3, -0.25) is 13.9 Å². The summed E-state index contributed by atoms with van der Waals surface area (Å²) >= 11 is 0. The summed E-state index contributed by atoms with van der Waals surface area (Å²) in [6, 6.07) is 16.5. The fourth-order valence-corrected chi connectivity index (χ4v) is 4.60. The first-order valence-corrected chi connectivity index (χ1v) is 11.0. The first-order chi connectivity index (χ1) is 15.5. The van der Waals surface area contributed by atoms with Gasteiger partial charge in [0.25, 0.3) is 5.56 Å². The Balaban J connectivity index is 1.55. The van der Waals surface area contributed by atoms with Crippen molar-refractivity contribution in [2.45, 2.75) is 39.8 Å². The van der Waals surface area contributed by atoms with Crippen LogP contribution in [-0.2, 0) is 26.6 Å². The number of benzene rings is 2. The number of anilines is 2. The molecule has 0 fully saturated rings. The Morgan fingerprint density at radius 3 is 2.56 bits per heavy atom. The van der Waals surface area contributed by atoms with Crippen molar-refractivity contribution in [3.05, 3.63) is 86.1 Å². The van der Waals surface area contributed by atoms with E-state index >= 15 is 0 Å². The van der Waals surface area contributed by atoms with Crippen LogP contribution in [0, 0.1) is 13.8 Å². The van der Waals surface area contributed by atoms with E-state index in [1.807, 2.05) is 22.8 Å². The Bertz CT molecular complexity index is 1430. The van der Waals surface area contributed by atoms with Crippen LogP contribution < -0.4 is 16.1 Å². The predicted octanol–water partition coefficient (Wildman–Crippen LogP) is 3.30. The maximum Gasteiger partial charge on any atom is 0.332 e. The van der Waals surface area contributed by atoms with Crippen LogP contribution in [0.2, 0.25) is 0 Å². The lowest BCUT2D eigenvalue weighted by atomic mass is 10.1. The second-order valence-corrected chi connectivity index (χ2v) is 8.56. The average Bonchev–Trinajstić information content (AvgIpc) is 3.36. The van der Waals surface area contributed by atoms with Gasteiger partial charge in [-0.25, -0.2) is 4.79 Å². The summed E-state index contributed by atoms with van der Waals surface area (Å²) in [5.74, 6) is 0.725. The Labute approximate surface area is 186 Å². The summed E-state index contributed by atoms with van der Waals surface area (Å²) < 4.78 is 4.83. The molecule has 7 nitrogen and oxygen atoms in total. The minimum Gasteiger partial charge on any atom is -0.310 e. The van der Waals surface area contributed by atoms with Crippen molar-refractivity contribution in [3.8, 4) is 0 Å².